The first-order valence-electron chi connectivity index (χ1n) is 9.52. The minimum atomic E-state index is 0.325. The number of rotatable bonds is 8. The zero-order valence-corrected chi connectivity index (χ0v) is 15.0. The summed E-state index contributed by atoms with van der Waals surface area (Å²) in [6.45, 7) is 8.59. The molecule has 2 rings (SSSR count). The van der Waals surface area contributed by atoms with Crippen molar-refractivity contribution in [1.29, 1.82) is 0 Å². The molecule has 2 aliphatic rings. The average Bonchev–Trinajstić information content (AvgIpc) is 3.06. The normalized spacial score (nSPS) is 28.8. The van der Waals surface area contributed by atoms with E-state index >= 15 is 0 Å². The van der Waals surface area contributed by atoms with Crippen LogP contribution in [0.1, 0.15) is 58.8 Å². The van der Waals surface area contributed by atoms with Crippen LogP contribution in [0.4, 0.5) is 0 Å². The summed E-state index contributed by atoms with van der Waals surface area (Å²) in [5.74, 6) is 1.85. The quantitative estimate of drug-likeness (QED) is 0.409. The van der Waals surface area contributed by atoms with Gasteiger partial charge >= 0.3 is 0 Å². The van der Waals surface area contributed by atoms with Crippen LogP contribution in [0.3, 0.4) is 0 Å². The van der Waals surface area contributed by atoms with E-state index in [1.54, 1.807) is 0 Å². The van der Waals surface area contributed by atoms with Crippen molar-refractivity contribution in [3.8, 4) is 0 Å². The maximum absolute atomic E-state index is 5.69. The minimum absolute atomic E-state index is 0.325. The van der Waals surface area contributed by atoms with Gasteiger partial charge in [-0.1, -0.05) is 6.92 Å². The third-order valence-electron chi connectivity index (χ3n) is 4.75. The lowest BCUT2D eigenvalue weighted by Gasteiger charge is -2.28. The molecule has 23 heavy (non-hydrogen) atoms. The van der Waals surface area contributed by atoms with Crippen LogP contribution in [-0.4, -0.2) is 51.0 Å². The molecule has 0 amide bonds. The van der Waals surface area contributed by atoms with Gasteiger partial charge in [-0.25, -0.2) is 0 Å². The van der Waals surface area contributed by atoms with Gasteiger partial charge in [-0.15, -0.1) is 0 Å². The fraction of sp³-hybridized carbons (Fsp3) is 0.944. The number of ether oxygens (including phenoxy) is 2. The van der Waals surface area contributed by atoms with Crippen LogP contribution in [0.15, 0.2) is 4.99 Å². The summed E-state index contributed by atoms with van der Waals surface area (Å²) in [7, 11) is 0. The lowest BCUT2D eigenvalue weighted by molar-refractivity contribution is 0.0171. The molecule has 5 nitrogen and oxygen atoms in total. The molecule has 5 heteroatoms. The number of guanidine groups is 1. The Kier molecular flexibility index (Phi) is 8.76. The van der Waals surface area contributed by atoms with E-state index in [0.717, 1.165) is 57.6 Å². The lowest BCUT2D eigenvalue weighted by Crippen LogP contribution is -2.44. The lowest BCUT2D eigenvalue weighted by atomic mass is 9.87. The van der Waals surface area contributed by atoms with Crippen molar-refractivity contribution in [2.24, 2.45) is 10.9 Å². The Balaban J connectivity index is 1.58. The van der Waals surface area contributed by atoms with Gasteiger partial charge in [0.1, 0.15) is 0 Å². The molecule has 1 saturated heterocycles. The SMILES string of the molecule is CCNC(=NCCCOCC1CCCO1)NC1CCC(C)CC1. The van der Waals surface area contributed by atoms with Gasteiger partial charge in [-0.05, 0) is 57.8 Å². The Morgan fingerprint density at radius 2 is 2.04 bits per heavy atom. The van der Waals surface area contributed by atoms with E-state index in [1.807, 2.05) is 0 Å². The van der Waals surface area contributed by atoms with Crippen molar-refractivity contribution in [2.75, 3.05) is 32.9 Å². The molecule has 1 unspecified atom stereocenters. The molecule has 1 aliphatic carbocycles. The van der Waals surface area contributed by atoms with E-state index in [9.17, 15) is 0 Å². The Morgan fingerprint density at radius 3 is 2.74 bits per heavy atom. The summed E-state index contributed by atoms with van der Waals surface area (Å²) in [4.78, 5) is 4.68. The summed E-state index contributed by atoms with van der Waals surface area (Å²) in [6.07, 6.45) is 8.79. The van der Waals surface area contributed by atoms with Crippen LogP contribution in [0, 0.1) is 5.92 Å². The number of aliphatic imine (C=N–C) groups is 1. The molecule has 0 spiro atoms. The second-order valence-corrected chi connectivity index (χ2v) is 6.93. The van der Waals surface area contributed by atoms with Crippen molar-refractivity contribution in [3.63, 3.8) is 0 Å². The van der Waals surface area contributed by atoms with Gasteiger partial charge in [0.15, 0.2) is 5.96 Å². The molecule has 1 saturated carbocycles. The van der Waals surface area contributed by atoms with Gasteiger partial charge in [-0.3, -0.25) is 4.99 Å². The van der Waals surface area contributed by atoms with Crippen molar-refractivity contribution >= 4 is 5.96 Å². The molecule has 0 bridgehead atoms. The Labute approximate surface area is 141 Å². The van der Waals surface area contributed by atoms with Crippen molar-refractivity contribution in [1.82, 2.24) is 10.6 Å². The molecule has 0 radical (unpaired) electrons. The summed E-state index contributed by atoms with van der Waals surface area (Å²) in [6, 6.07) is 0.583. The molecule has 0 aromatic heterocycles. The second kappa shape index (κ2) is 10.9. The monoisotopic (exact) mass is 325 g/mol. The predicted molar refractivity (Wildman–Crippen MR) is 94.9 cm³/mol. The van der Waals surface area contributed by atoms with E-state index in [4.69, 9.17) is 9.47 Å². The summed E-state index contributed by atoms with van der Waals surface area (Å²) >= 11 is 0. The molecule has 0 aromatic carbocycles. The van der Waals surface area contributed by atoms with E-state index < -0.39 is 0 Å². The second-order valence-electron chi connectivity index (χ2n) is 6.93. The summed E-state index contributed by atoms with van der Waals surface area (Å²) in [5, 5.41) is 6.95. The van der Waals surface area contributed by atoms with Gasteiger partial charge in [0, 0.05) is 32.3 Å². The smallest absolute Gasteiger partial charge is 0.191 e. The van der Waals surface area contributed by atoms with E-state index in [-0.39, 0.29) is 0 Å². The summed E-state index contributed by atoms with van der Waals surface area (Å²) < 4.78 is 11.2. The Morgan fingerprint density at radius 1 is 1.22 bits per heavy atom. The standard InChI is InChI=1S/C18H35N3O2/c1-3-19-18(21-16-9-7-15(2)8-10-16)20-11-5-12-22-14-17-6-4-13-23-17/h15-17H,3-14H2,1-2H3,(H2,19,20,21). The highest BCUT2D eigenvalue weighted by Crippen LogP contribution is 2.23. The van der Waals surface area contributed by atoms with Gasteiger partial charge in [-0.2, -0.15) is 0 Å². The highest BCUT2D eigenvalue weighted by atomic mass is 16.5. The van der Waals surface area contributed by atoms with Gasteiger partial charge in [0.2, 0.25) is 0 Å². The zero-order chi connectivity index (χ0) is 16.3. The van der Waals surface area contributed by atoms with Crippen LogP contribution in [0.25, 0.3) is 0 Å². The largest absolute Gasteiger partial charge is 0.379 e. The average molecular weight is 325 g/mol. The maximum Gasteiger partial charge on any atom is 0.191 e. The van der Waals surface area contributed by atoms with Gasteiger partial charge in [0.25, 0.3) is 0 Å². The van der Waals surface area contributed by atoms with Crippen molar-refractivity contribution in [2.45, 2.75) is 70.9 Å². The van der Waals surface area contributed by atoms with Crippen LogP contribution >= 0.6 is 0 Å². The first-order valence-corrected chi connectivity index (χ1v) is 9.52. The molecule has 2 N–H and O–H groups in total. The minimum Gasteiger partial charge on any atom is -0.379 e. The van der Waals surface area contributed by atoms with E-state index in [0.29, 0.717) is 12.1 Å². The Bertz CT molecular complexity index is 335. The summed E-state index contributed by atoms with van der Waals surface area (Å²) in [5.41, 5.74) is 0. The molecule has 0 aromatic rings. The first-order chi connectivity index (χ1) is 11.3. The van der Waals surface area contributed by atoms with E-state index in [1.165, 1.54) is 32.1 Å². The molecule has 134 valence electrons. The van der Waals surface area contributed by atoms with Crippen LogP contribution in [-0.2, 0) is 9.47 Å². The molecule has 1 heterocycles. The number of nitrogens with zero attached hydrogens (tertiary/aromatic N) is 1. The maximum atomic E-state index is 5.69. The van der Waals surface area contributed by atoms with Crippen LogP contribution < -0.4 is 10.6 Å². The predicted octanol–water partition coefficient (Wildman–Crippen LogP) is 2.71. The number of hydrogen-bond acceptors (Lipinski definition) is 3. The van der Waals surface area contributed by atoms with Gasteiger partial charge in [0.05, 0.1) is 12.7 Å². The zero-order valence-electron chi connectivity index (χ0n) is 15.0. The topological polar surface area (TPSA) is 54.9 Å². The van der Waals surface area contributed by atoms with Crippen molar-refractivity contribution in [3.05, 3.63) is 0 Å². The van der Waals surface area contributed by atoms with Gasteiger partial charge < -0.3 is 20.1 Å². The fourth-order valence-corrected chi connectivity index (χ4v) is 3.27. The Hall–Kier alpha value is -0.810. The number of hydrogen-bond donors (Lipinski definition) is 2. The molecule has 2 fully saturated rings. The highest BCUT2D eigenvalue weighted by molar-refractivity contribution is 5.80. The molecular formula is C18H35N3O2. The highest BCUT2D eigenvalue weighted by Gasteiger charge is 2.18. The number of nitrogens with one attached hydrogen (secondary N) is 2. The van der Waals surface area contributed by atoms with Crippen molar-refractivity contribution < 1.29 is 9.47 Å². The fourth-order valence-electron chi connectivity index (χ4n) is 3.27. The molecule has 1 atom stereocenters. The molecule has 1 aliphatic heterocycles. The molecular weight excluding hydrogens is 290 g/mol. The van der Waals surface area contributed by atoms with Crippen LogP contribution in [0.5, 0.6) is 0 Å². The third-order valence-corrected chi connectivity index (χ3v) is 4.75. The first kappa shape index (κ1) is 18.5. The van der Waals surface area contributed by atoms with Crippen LogP contribution in [0.2, 0.25) is 0 Å². The third kappa shape index (κ3) is 7.53. The van der Waals surface area contributed by atoms with E-state index in [2.05, 4.69) is 29.5 Å².